The molecule has 4 rings (SSSR count). The van der Waals surface area contributed by atoms with Gasteiger partial charge in [0.1, 0.15) is 5.65 Å². The van der Waals surface area contributed by atoms with Crippen LogP contribution in [0, 0.1) is 11.3 Å². The average Bonchev–Trinajstić information content (AvgIpc) is 3.02. The first-order valence-electron chi connectivity index (χ1n) is 8.84. The van der Waals surface area contributed by atoms with Gasteiger partial charge in [0.25, 0.3) is 0 Å². The van der Waals surface area contributed by atoms with Crippen molar-refractivity contribution in [2.45, 2.75) is 39.2 Å². The number of hydrogen-bond donors (Lipinski definition) is 3. The number of rotatable bonds is 3. The molecule has 0 bridgehead atoms. The Bertz CT molecular complexity index is 830. The Labute approximate surface area is 155 Å². The van der Waals surface area contributed by atoms with Crippen LogP contribution in [0.25, 0.3) is 11.0 Å². The van der Waals surface area contributed by atoms with Crippen molar-refractivity contribution in [3.05, 3.63) is 16.9 Å². The van der Waals surface area contributed by atoms with Crippen LogP contribution < -0.4 is 16.0 Å². The standard InChI is InChI=1S/C18H24BrN5O/c1-18(2)6-11(18)17(25)23-13-8-22-16-14(13)15(12(19)7-21-16)24-5-3-4-10(20)9-24/h7-8,10-11H,3-6,9,20H2,1-2H3,(H,21,22)(H,23,25). The van der Waals surface area contributed by atoms with Crippen molar-refractivity contribution in [2.24, 2.45) is 17.1 Å². The molecule has 7 heteroatoms. The van der Waals surface area contributed by atoms with Gasteiger partial charge in [-0.25, -0.2) is 4.98 Å². The third-order valence-electron chi connectivity index (χ3n) is 5.49. The minimum atomic E-state index is 0.0874. The Morgan fingerprint density at radius 1 is 1.52 bits per heavy atom. The van der Waals surface area contributed by atoms with Crippen LogP contribution in [0.4, 0.5) is 11.4 Å². The second-order valence-corrected chi connectivity index (χ2v) is 8.82. The van der Waals surface area contributed by atoms with E-state index in [1.807, 2.05) is 12.4 Å². The first-order valence-corrected chi connectivity index (χ1v) is 9.63. The number of nitrogens with two attached hydrogens (primary N) is 1. The fraction of sp³-hybridized carbons (Fsp3) is 0.556. The molecule has 134 valence electrons. The van der Waals surface area contributed by atoms with Crippen LogP contribution in [0.5, 0.6) is 0 Å². The Morgan fingerprint density at radius 2 is 2.28 bits per heavy atom. The van der Waals surface area contributed by atoms with Crippen molar-refractivity contribution in [2.75, 3.05) is 23.3 Å². The summed E-state index contributed by atoms with van der Waals surface area (Å²) in [7, 11) is 0. The fourth-order valence-corrected chi connectivity index (χ4v) is 4.36. The lowest BCUT2D eigenvalue weighted by Gasteiger charge is -2.33. The summed E-state index contributed by atoms with van der Waals surface area (Å²) in [5.41, 5.74) is 8.93. The predicted molar refractivity (Wildman–Crippen MR) is 104 cm³/mol. The monoisotopic (exact) mass is 405 g/mol. The maximum atomic E-state index is 12.6. The third-order valence-corrected chi connectivity index (χ3v) is 6.07. The maximum Gasteiger partial charge on any atom is 0.228 e. The van der Waals surface area contributed by atoms with Crippen LogP contribution in [-0.2, 0) is 4.79 Å². The normalized spacial score (nSPS) is 25.2. The van der Waals surface area contributed by atoms with Gasteiger partial charge in [-0.05, 0) is 40.6 Å². The molecule has 2 aromatic heterocycles. The van der Waals surface area contributed by atoms with Crippen molar-refractivity contribution in [3.8, 4) is 0 Å². The van der Waals surface area contributed by atoms with E-state index in [2.05, 4.69) is 50.0 Å². The number of aromatic amines is 1. The quantitative estimate of drug-likeness (QED) is 0.731. The van der Waals surface area contributed by atoms with Gasteiger partial charge in [0, 0.05) is 37.4 Å². The molecule has 2 atom stereocenters. The number of carbonyl (C=O) groups excluding carboxylic acids is 1. The van der Waals surface area contributed by atoms with E-state index in [0.29, 0.717) is 0 Å². The van der Waals surface area contributed by atoms with Crippen molar-refractivity contribution in [3.63, 3.8) is 0 Å². The Morgan fingerprint density at radius 3 is 2.96 bits per heavy atom. The number of H-pyrrole nitrogens is 1. The molecule has 4 N–H and O–H groups in total. The molecule has 1 saturated carbocycles. The number of nitrogens with one attached hydrogen (secondary N) is 2. The van der Waals surface area contributed by atoms with Crippen LogP contribution in [-0.4, -0.2) is 35.0 Å². The lowest BCUT2D eigenvalue weighted by molar-refractivity contribution is -0.117. The molecule has 1 aliphatic heterocycles. The van der Waals surface area contributed by atoms with Crippen molar-refractivity contribution >= 4 is 44.2 Å². The first-order chi connectivity index (χ1) is 11.9. The second kappa shape index (κ2) is 5.99. The lowest BCUT2D eigenvalue weighted by atomic mass is 10.1. The van der Waals surface area contributed by atoms with Gasteiger partial charge in [-0.15, -0.1) is 0 Å². The number of pyridine rings is 1. The highest BCUT2D eigenvalue weighted by atomic mass is 79.9. The van der Waals surface area contributed by atoms with E-state index in [4.69, 9.17) is 5.73 Å². The summed E-state index contributed by atoms with van der Waals surface area (Å²) >= 11 is 3.65. The summed E-state index contributed by atoms with van der Waals surface area (Å²) < 4.78 is 0.927. The molecule has 1 saturated heterocycles. The van der Waals surface area contributed by atoms with Crippen molar-refractivity contribution in [1.29, 1.82) is 0 Å². The molecule has 0 radical (unpaired) electrons. The zero-order valence-electron chi connectivity index (χ0n) is 14.6. The first kappa shape index (κ1) is 16.8. The molecule has 1 aliphatic carbocycles. The highest BCUT2D eigenvalue weighted by molar-refractivity contribution is 9.10. The van der Waals surface area contributed by atoms with Crippen LogP contribution >= 0.6 is 15.9 Å². The highest BCUT2D eigenvalue weighted by Gasteiger charge is 2.50. The van der Waals surface area contributed by atoms with Crippen LogP contribution in [0.3, 0.4) is 0 Å². The molecule has 2 aliphatic rings. The zero-order chi connectivity index (χ0) is 17.8. The molecule has 0 spiro atoms. The number of fused-ring (bicyclic) bond motifs is 1. The molecule has 1 amide bonds. The number of aromatic nitrogens is 2. The van der Waals surface area contributed by atoms with E-state index in [9.17, 15) is 4.79 Å². The Balaban J connectivity index is 1.71. The van der Waals surface area contributed by atoms with Crippen LogP contribution in [0.15, 0.2) is 16.9 Å². The lowest BCUT2D eigenvalue weighted by Crippen LogP contribution is -2.43. The van der Waals surface area contributed by atoms with Crippen LogP contribution in [0.2, 0.25) is 0 Å². The maximum absolute atomic E-state index is 12.6. The summed E-state index contributed by atoms with van der Waals surface area (Å²) in [6.45, 7) is 6.03. The summed E-state index contributed by atoms with van der Waals surface area (Å²) in [4.78, 5) is 22.5. The van der Waals surface area contributed by atoms with Gasteiger partial charge in [-0.1, -0.05) is 13.8 Å². The fourth-order valence-electron chi connectivity index (χ4n) is 3.81. The zero-order valence-corrected chi connectivity index (χ0v) is 16.2. The van der Waals surface area contributed by atoms with Gasteiger partial charge in [0.15, 0.2) is 0 Å². The number of nitrogens with zero attached hydrogens (tertiary/aromatic N) is 2. The highest BCUT2D eigenvalue weighted by Crippen LogP contribution is 2.52. The minimum Gasteiger partial charge on any atom is -0.368 e. The summed E-state index contributed by atoms with van der Waals surface area (Å²) in [5, 5.41) is 4.07. The van der Waals surface area contributed by atoms with Gasteiger partial charge in [0.05, 0.1) is 21.2 Å². The van der Waals surface area contributed by atoms with E-state index in [0.717, 1.165) is 59.2 Å². The Kier molecular flexibility index (Phi) is 4.03. The van der Waals surface area contributed by atoms with Gasteiger partial charge in [0.2, 0.25) is 5.91 Å². The number of carbonyl (C=O) groups is 1. The number of amides is 1. The van der Waals surface area contributed by atoms with E-state index in [-0.39, 0.29) is 23.3 Å². The van der Waals surface area contributed by atoms with Crippen LogP contribution in [0.1, 0.15) is 33.1 Å². The number of piperidine rings is 1. The Hall–Kier alpha value is -1.60. The molecular weight excluding hydrogens is 382 g/mol. The van der Waals surface area contributed by atoms with Gasteiger partial charge >= 0.3 is 0 Å². The smallest absolute Gasteiger partial charge is 0.228 e. The topological polar surface area (TPSA) is 87.0 Å². The van der Waals surface area contributed by atoms with Gasteiger partial charge < -0.3 is 20.9 Å². The predicted octanol–water partition coefficient (Wildman–Crippen LogP) is 3.24. The molecule has 3 heterocycles. The second-order valence-electron chi connectivity index (χ2n) is 7.96. The molecular formula is C18H24BrN5O. The molecule has 0 aromatic carbocycles. The van der Waals surface area contributed by atoms with Crippen molar-refractivity contribution in [1.82, 2.24) is 9.97 Å². The van der Waals surface area contributed by atoms with Crippen molar-refractivity contribution < 1.29 is 4.79 Å². The molecule has 2 unspecified atom stereocenters. The average molecular weight is 406 g/mol. The summed E-state index contributed by atoms with van der Waals surface area (Å²) in [6, 6.07) is 0.174. The van der Waals surface area contributed by atoms with Gasteiger partial charge in [-0.3, -0.25) is 4.79 Å². The van der Waals surface area contributed by atoms with E-state index in [1.54, 1.807) is 0 Å². The summed E-state index contributed by atoms with van der Waals surface area (Å²) in [6.07, 6.45) is 6.71. The molecule has 2 fully saturated rings. The number of anilines is 2. The van der Waals surface area contributed by atoms with Gasteiger partial charge in [-0.2, -0.15) is 0 Å². The SMILES string of the molecule is CC1(C)CC1C(=O)Nc1c[nH]c2ncc(Br)c(N3CCCC(N)C3)c12. The van der Waals surface area contributed by atoms with E-state index in [1.165, 1.54) is 0 Å². The molecule has 25 heavy (non-hydrogen) atoms. The number of hydrogen-bond acceptors (Lipinski definition) is 4. The number of halogens is 1. The minimum absolute atomic E-state index is 0.0874. The third kappa shape index (κ3) is 3.04. The molecule has 2 aromatic rings. The molecule has 6 nitrogen and oxygen atoms in total. The largest absolute Gasteiger partial charge is 0.368 e. The van der Waals surface area contributed by atoms with E-state index < -0.39 is 0 Å². The van der Waals surface area contributed by atoms with E-state index >= 15 is 0 Å². The summed E-state index contributed by atoms with van der Waals surface area (Å²) in [5.74, 6) is 0.177.